The number of aromatic nitrogens is 1. The van der Waals surface area contributed by atoms with Crippen LogP contribution in [0.15, 0.2) is 71.8 Å². The molecule has 0 spiro atoms. The van der Waals surface area contributed by atoms with Crippen molar-refractivity contribution < 1.29 is 4.79 Å². The van der Waals surface area contributed by atoms with Gasteiger partial charge in [-0.05, 0) is 54.4 Å². The van der Waals surface area contributed by atoms with Gasteiger partial charge in [0.1, 0.15) is 11.1 Å². The van der Waals surface area contributed by atoms with E-state index in [-0.39, 0.29) is 11.7 Å². The van der Waals surface area contributed by atoms with Crippen molar-refractivity contribution in [3.63, 3.8) is 0 Å². The number of pyridine rings is 1. The fourth-order valence-electron chi connectivity index (χ4n) is 4.02. The molecule has 1 unspecified atom stereocenters. The predicted molar refractivity (Wildman–Crippen MR) is 124 cm³/mol. The molecule has 5 heteroatoms. The van der Waals surface area contributed by atoms with Gasteiger partial charge in [0.05, 0.1) is 11.3 Å². The Labute approximate surface area is 187 Å². The molecule has 1 heterocycles. The summed E-state index contributed by atoms with van der Waals surface area (Å²) in [6.07, 6.45) is 3.67. The SMILES string of the molecule is N#Cc1cc2c(nc1SCC(=O)NCCc1ccccc1)CCC(c1ccccc1)C2. The first-order valence-electron chi connectivity index (χ1n) is 10.6. The van der Waals surface area contributed by atoms with Gasteiger partial charge >= 0.3 is 0 Å². The van der Waals surface area contributed by atoms with Crippen LogP contribution in [0.1, 0.15) is 40.3 Å². The Bertz CT molecular complexity index is 1080. The topological polar surface area (TPSA) is 65.8 Å². The fourth-order valence-corrected chi connectivity index (χ4v) is 4.83. The number of hydrogen-bond donors (Lipinski definition) is 1. The van der Waals surface area contributed by atoms with Gasteiger partial charge < -0.3 is 5.32 Å². The Balaban J connectivity index is 1.35. The van der Waals surface area contributed by atoms with Crippen LogP contribution in [0.4, 0.5) is 0 Å². The summed E-state index contributed by atoms with van der Waals surface area (Å²) >= 11 is 1.35. The molecule has 0 saturated heterocycles. The van der Waals surface area contributed by atoms with E-state index in [1.54, 1.807) is 0 Å². The van der Waals surface area contributed by atoms with Crippen LogP contribution in [-0.4, -0.2) is 23.2 Å². The second-order valence-electron chi connectivity index (χ2n) is 7.78. The number of nitrogens with one attached hydrogen (secondary N) is 1. The van der Waals surface area contributed by atoms with Crippen molar-refractivity contribution >= 4 is 17.7 Å². The second-order valence-corrected chi connectivity index (χ2v) is 8.75. The zero-order chi connectivity index (χ0) is 21.5. The lowest BCUT2D eigenvalue weighted by Gasteiger charge is -2.25. The van der Waals surface area contributed by atoms with Gasteiger partial charge in [0, 0.05) is 12.2 Å². The van der Waals surface area contributed by atoms with E-state index >= 15 is 0 Å². The van der Waals surface area contributed by atoms with Crippen LogP contribution >= 0.6 is 11.8 Å². The lowest BCUT2D eigenvalue weighted by Crippen LogP contribution is -2.27. The summed E-state index contributed by atoms with van der Waals surface area (Å²) < 4.78 is 0. The second kappa shape index (κ2) is 10.3. The highest BCUT2D eigenvalue weighted by Crippen LogP contribution is 2.34. The number of carbonyl (C=O) groups excluding carboxylic acids is 1. The molecule has 1 atom stereocenters. The molecule has 1 aliphatic rings. The minimum atomic E-state index is -0.0338. The van der Waals surface area contributed by atoms with Gasteiger partial charge in [0.25, 0.3) is 0 Å². The zero-order valence-corrected chi connectivity index (χ0v) is 18.2. The number of amides is 1. The van der Waals surface area contributed by atoms with E-state index < -0.39 is 0 Å². The van der Waals surface area contributed by atoms with Crippen molar-refractivity contribution in [3.8, 4) is 6.07 Å². The van der Waals surface area contributed by atoms with Crippen LogP contribution in [0.3, 0.4) is 0 Å². The van der Waals surface area contributed by atoms with Crippen molar-refractivity contribution in [1.82, 2.24) is 10.3 Å². The minimum absolute atomic E-state index is 0.0338. The Kier molecular flexibility index (Phi) is 7.01. The molecule has 31 heavy (non-hydrogen) atoms. The van der Waals surface area contributed by atoms with Crippen LogP contribution in [0, 0.1) is 11.3 Å². The fraction of sp³-hybridized carbons (Fsp3) is 0.269. The quantitative estimate of drug-likeness (QED) is 0.556. The van der Waals surface area contributed by atoms with Crippen LogP contribution in [0.25, 0.3) is 0 Å². The molecule has 0 radical (unpaired) electrons. The summed E-state index contributed by atoms with van der Waals surface area (Å²) in [5.74, 6) is 0.700. The van der Waals surface area contributed by atoms with Crippen molar-refractivity contribution in [1.29, 1.82) is 5.26 Å². The molecule has 0 saturated carbocycles. The van der Waals surface area contributed by atoms with E-state index in [0.29, 0.717) is 23.1 Å². The average Bonchev–Trinajstić information content (AvgIpc) is 2.83. The molecule has 1 aromatic heterocycles. The van der Waals surface area contributed by atoms with Crippen molar-refractivity contribution in [2.75, 3.05) is 12.3 Å². The van der Waals surface area contributed by atoms with Gasteiger partial charge in [0.15, 0.2) is 0 Å². The summed E-state index contributed by atoms with van der Waals surface area (Å²) in [5.41, 5.74) is 5.34. The van der Waals surface area contributed by atoms with E-state index in [9.17, 15) is 10.1 Å². The highest BCUT2D eigenvalue weighted by atomic mass is 32.2. The molecule has 4 nitrogen and oxygen atoms in total. The number of nitriles is 1. The number of hydrogen-bond acceptors (Lipinski definition) is 4. The maximum atomic E-state index is 12.3. The van der Waals surface area contributed by atoms with Gasteiger partial charge in [-0.2, -0.15) is 5.26 Å². The first-order valence-corrected chi connectivity index (χ1v) is 11.6. The first-order chi connectivity index (χ1) is 15.2. The average molecular weight is 428 g/mol. The monoisotopic (exact) mass is 427 g/mol. The normalized spacial score (nSPS) is 15.0. The molecule has 0 bridgehead atoms. The third kappa shape index (κ3) is 5.53. The first kappa shape index (κ1) is 21.1. The van der Waals surface area contributed by atoms with E-state index in [2.05, 4.69) is 47.8 Å². The summed E-state index contributed by atoms with van der Waals surface area (Å²) in [6, 6.07) is 24.9. The molecule has 0 fully saturated rings. The molecular weight excluding hydrogens is 402 g/mol. The molecule has 0 aliphatic heterocycles. The molecule has 1 N–H and O–H groups in total. The summed E-state index contributed by atoms with van der Waals surface area (Å²) in [6.45, 7) is 0.604. The lowest BCUT2D eigenvalue weighted by molar-refractivity contribution is -0.118. The molecule has 2 aromatic carbocycles. The molecule has 1 aliphatic carbocycles. The highest BCUT2D eigenvalue weighted by molar-refractivity contribution is 8.00. The van der Waals surface area contributed by atoms with E-state index in [1.807, 2.05) is 30.3 Å². The number of thioether (sulfide) groups is 1. The third-order valence-corrected chi connectivity index (χ3v) is 6.65. The maximum absolute atomic E-state index is 12.3. The third-order valence-electron chi connectivity index (χ3n) is 5.66. The molecule has 156 valence electrons. The number of aryl methyl sites for hydroxylation is 1. The summed E-state index contributed by atoms with van der Waals surface area (Å²) in [7, 11) is 0. The van der Waals surface area contributed by atoms with Gasteiger partial charge in [-0.3, -0.25) is 4.79 Å². The minimum Gasteiger partial charge on any atom is -0.355 e. The Morgan fingerprint density at radius 3 is 2.61 bits per heavy atom. The number of rotatable bonds is 7. The van der Waals surface area contributed by atoms with Gasteiger partial charge in [-0.15, -0.1) is 0 Å². The maximum Gasteiger partial charge on any atom is 0.230 e. The predicted octanol–water partition coefficient (Wildman–Crippen LogP) is 4.68. The van der Waals surface area contributed by atoms with Gasteiger partial charge in [-0.1, -0.05) is 72.4 Å². The van der Waals surface area contributed by atoms with E-state index in [1.165, 1.54) is 22.9 Å². The lowest BCUT2D eigenvalue weighted by atomic mass is 9.82. The van der Waals surface area contributed by atoms with Crippen LogP contribution in [0.2, 0.25) is 0 Å². The number of benzene rings is 2. The summed E-state index contributed by atoms with van der Waals surface area (Å²) in [4.78, 5) is 17.0. The zero-order valence-electron chi connectivity index (χ0n) is 17.4. The van der Waals surface area contributed by atoms with Gasteiger partial charge in [0.2, 0.25) is 5.91 Å². The molecule has 3 aromatic rings. The van der Waals surface area contributed by atoms with Crippen molar-refractivity contribution in [2.24, 2.45) is 0 Å². The van der Waals surface area contributed by atoms with Crippen molar-refractivity contribution in [3.05, 3.63) is 94.7 Å². The number of fused-ring (bicyclic) bond motifs is 1. The smallest absolute Gasteiger partial charge is 0.230 e. The number of nitrogens with zero attached hydrogens (tertiary/aromatic N) is 2. The highest BCUT2D eigenvalue weighted by Gasteiger charge is 2.23. The largest absolute Gasteiger partial charge is 0.355 e. The Morgan fingerprint density at radius 2 is 1.87 bits per heavy atom. The standard InChI is InChI=1S/C26H25N3OS/c27-17-23-16-22-15-21(20-9-5-2-6-10-20)11-12-24(22)29-26(23)31-18-25(30)28-14-13-19-7-3-1-4-8-19/h1-10,16,21H,11-15,18H2,(H,28,30). The molecule has 4 rings (SSSR count). The van der Waals surface area contributed by atoms with E-state index in [4.69, 9.17) is 4.98 Å². The molecular formula is C26H25N3OS. The van der Waals surface area contributed by atoms with Crippen LogP contribution in [0.5, 0.6) is 0 Å². The number of carbonyl (C=O) groups is 1. The van der Waals surface area contributed by atoms with Crippen LogP contribution in [-0.2, 0) is 24.1 Å². The van der Waals surface area contributed by atoms with Gasteiger partial charge in [-0.25, -0.2) is 4.98 Å². The molecule has 1 amide bonds. The van der Waals surface area contributed by atoms with E-state index in [0.717, 1.165) is 36.9 Å². The Morgan fingerprint density at radius 1 is 1.13 bits per heavy atom. The Hall–Kier alpha value is -3.10. The van der Waals surface area contributed by atoms with Crippen LogP contribution < -0.4 is 5.32 Å². The van der Waals surface area contributed by atoms with Crippen molar-refractivity contribution in [2.45, 2.75) is 36.6 Å². The summed E-state index contributed by atoms with van der Waals surface area (Å²) in [5, 5.41) is 13.3.